The number of hydrogen-bond acceptors (Lipinski definition) is 2. The molecule has 0 bridgehead atoms. The Hall–Kier alpha value is -2.56. The molecule has 3 nitrogen and oxygen atoms in total. The second-order valence-electron chi connectivity index (χ2n) is 6.72. The summed E-state index contributed by atoms with van der Waals surface area (Å²) < 4.78 is 26.3. The molecule has 0 heterocycles. The zero-order valence-corrected chi connectivity index (χ0v) is 14.6. The molecule has 0 saturated carbocycles. The normalized spacial score (nSPS) is 14.0. The number of nitrogens with one attached hydrogen (secondary N) is 1. The quantitative estimate of drug-likeness (QED) is 0.784. The van der Waals surface area contributed by atoms with E-state index in [-0.39, 0.29) is 24.5 Å². The number of rotatable bonds is 6. The minimum Gasteiger partial charge on any atom is -0.350 e. The van der Waals surface area contributed by atoms with Gasteiger partial charge in [-0.05, 0) is 61.1 Å². The predicted molar refractivity (Wildman–Crippen MR) is 94.9 cm³/mol. The number of Topliss-reactive ketones (excluding diaryl/α,β-unsaturated/α-hetero) is 1. The molecule has 1 N–H and O–H groups in total. The second-order valence-corrected chi connectivity index (χ2v) is 6.72. The molecule has 2 aromatic carbocycles. The minimum atomic E-state index is -0.949. The fourth-order valence-electron chi connectivity index (χ4n) is 3.30. The van der Waals surface area contributed by atoms with Crippen molar-refractivity contribution in [1.29, 1.82) is 0 Å². The fraction of sp³-hybridized carbons (Fsp3) is 0.333. The van der Waals surface area contributed by atoms with Crippen LogP contribution in [0, 0.1) is 11.6 Å². The van der Waals surface area contributed by atoms with Crippen LogP contribution in [-0.4, -0.2) is 11.7 Å². The summed E-state index contributed by atoms with van der Waals surface area (Å²) in [5, 5.41) is 2.71. The molecule has 0 radical (unpaired) electrons. The topological polar surface area (TPSA) is 46.2 Å². The highest BCUT2D eigenvalue weighted by Crippen LogP contribution is 2.23. The van der Waals surface area contributed by atoms with Crippen molar-refractivity contribution < 1.29 is 18.4 Å². The van der Waals surface area contributed by atoms with E-state index in [1.165, 1.54) is 17.2 Å². The van der Waals surface area contributed by atoms with E-state index in [9.17, 15) is 18.4 Å². The lowest BCUT2D eigenvalue weighted by atomic mass is 10.0. The molecule has 1 aliphatic rings. The maximum absolute atomic E-state index is 13.3. The summed E-state index contributed by atoms with van der Waals surface area (Å²) in [6.07, 6.45) is 3.37. The van der Waals surface area contributed by atoms with Crippen molar-refractivity contribution in [3.63, 3.8) is 0 Å². The van der Waals surface area contributed by atoms with Crippen molar-refractivity contribution >= 4 is 11.7 Å². The third-order valence-corrected chi connectivity index (χ3v) is 4.82. The molecule has 5 heteroatoms. The van der Waals surface area contributed by atoms with Gasteiger partial charge in [0.15, 0.2) is 17.4 Å². The molecule has 0 spiro atoms. The fourth-order valence-corrected chi connectivity index (χ4v) is 3.30. The Balaban J connectivity index is 1.53. The van der Waals surface area contributed by atoms with Gasteiger partial charge >= 0.3 is 0 Å². The van der Waals surface area contributed by atoms with E-state index in [2.05, 4.69) is 5.32 Å². The van der Waals surface area contributed by atoms with E-state index >= 15 is 0 Å². The van der Waals surface area contributed by atoms with Crippen LogP contribution < -0.4 is 5.32 Å². The number of fused-ring (bicyclic) bond motifs is 1. The lowest BCUT2D eigenvalue weighted by Crippen LogP contribution is -2.27. The van der Waals surface area contributed by atoms with Gasteiger partial charge in [0.25, 0.3) is 0 Å². The van der Waals surface area contributed by atoms with Crippen LogP contribution in [0.15, 0.2) is 36.4 Å². The number of halogens is 2. The first kappa shape index (κ1) is 18.2. The molecule has 1 aliphatic carbocycles. The minimum absolute atomic E-state index is 0.0595. The van der Waals surface area contributed by atoms with Crippen LogP contribution in [-0.2, 0) is 17.6 Å². The molecule has 2 aromatic rings. The average Bonchev–Trinajstić information content (AvgIpc) is 3.09. The number of carbonyl (C=O) groups excluding carboxylic acids is 2. The molecule has 0 unspecified atom stereocenters. The Kier molecular flexibility index (Phi) is 5.45. The van der Waals surface area contributed by atoms with Crippen LogP contribution >= 0.6 is 0 Å². The summed E-state index contributed by atoms with van der Waals surface area (Å²) in [6, 6.07) is 8.83. The lowest BCUT2D eigenvalue weighted by Gasteiger charge is -2.14. The highest BCUT2D eigenvalue weighted by atomic mass is 19.2. The van der Waals surface area contributed by atoms with Gasteiger partial charge in [-0.3, -0.25) is 9.59 Å². The van der Waals surface area contributed by atoms with E-state index in [0.29, 0.717) is 11.1 Å². The third kappa shape index (κ3) is 4.15. The Bertz CT molecular complexity index is 848. The first-order valence-corrected chi connectivity index (χ1v) is 8.83. The molecular weight excluding hydrogens is 336 g/mol. The summed E-state index contributed by atoms with van der Waals surface area (Å²) in [7, 11) is 0. The highest BCUT2D eigenvalue weighted by Gasteiger charge is 2.16. The van der Waals surface area contributed by atoms with Crippen molar-refractivity contribution in [3.8, 4) is 0 Å². The summed E-state index contributed by atoms with van der Waals surface area (Å²) in [4.78, 5) is 24.4. The molecule has 1 atom stereocenters. The number of carbonyl (C=O) groups is 2. The summed E-state index contributed by atoms with van der Waals surface area (Å²) >= 11 is 0. The van der Waals surface area contributed by atoms with Gasteiger partial charge in [0.1, 0.15) is 0 Å². The largest absolute Gasteiger partial charge is 0.350 e. The number of hydrogen-bond donors (Lipinski definition) is 1. The first-order valence-electron chi connectivity index (χ1n) is 8.83. The van der Waals surface area contributed by atoms with Crippen molar-refractivity contribution in [3.05, 3.63) is 70.3 Å². The standard InChI is InChI=1S/C21H21F2NO2/c1-13(15-7-8-18(22)19(23)12-15)24-21(26)10-9-20(25)17-6-5-14-3-2-4-16(14)11-17/h5-8,11-13H,2-4,9-10H2,1H3,(H,24,26)/t13-/m1/s1. The van der Waals surface area contributed by atoms with Crippen LogP contribution in [0.5, 0.6) is 0 Å². The van der Waals surface area contributed by atoms with E-state index in [4.69, 9.17) is 0 Å². The van der Waals surface area contributed by atoms with E-state index < -0.39 is 17.7 Å². The maximum atomic E-state index is 13.3. The smallest absolute Gasteiger partial charge is 0.220 e. The van der Waals surface area contributed by atoms with Crippen molar-refractivity contribution in [1.82, 2.24) is 5.32 Å². The van der Waals surface area contributed by atoms with Gasteiger partial charge in [-0.25, -0.2) is 8.78 Å². The molecule has 3 rings (SSSR count). The van der Waals surface area contributed by atoms with Gasteiger partial charge in [0.2, 0.25) is 5.91 Å². The van der Waals surface area contributed by atoms with E-state index in [1.807, 2.05) is 18.2 Å². The maximum Gasteiger partial charge on any atom is 0.220 e. The zero-order chi connectivity index (χ0) is 18.7. The van der Waals surface area contributed by atoms with Gasteiger partial charge in [0.05, 0.1) is 6.04 Å². The van der Waals surface area contributed by atoms with E-state index in [0.717, 1.165) is 31.4 Å². The summed E-state index contributed by atoms with van der Waals surface area (Å²) in [5.41, 5.74) is 3.65. The molecule has 0 saturated heterocycles. The molecule has 26 heavy (non-hydrogen) atoms. The monoisotopic (exact) mass is 357 g/mol. The van der Waals surface area contributed by atoms with Crippen molar-refractivity contribution in [2.24, 2.45) is 0 Å². The average molecular weight is 357 g/mol. The second kappa shape index (κ2) is 7.77. The number of aryl methyl sites for hydroxylation is 2. The summed E-state index contributed by atoms with van der Waals surface area (Å²) in [6.45, 7) is 1.69. The highest BCUT2D eigenvalue weighted by molar-refractivity contribution is 5.98. The Labute approximate surface area is 151 Å². The lowest BCUT2D eigenvalue weighted by molar-refractivity contribution is -0.121. The van der Waals surface area contributed by atoms with Gasteiger partial charge in [-0.2, -0.15) is 0 Å². The molecule has 0 fully saturated rings. The van der Waals surface area contributed by atoms with Gasteiger partial charge < -0.3 is 5.32 Å². The van der Waals surface area contributed by atoms with E-state index in [1.54, 1.807) is 6.92 Å². The Morgan fingerprint density at radius 1 is 1.00 bits per heavy atom. The number of ketones is 1. The van der Waals surface area contributed by atoms with Crippen LogP contribution in [0.2, 0.25) is 0 Å². The summed E-state index contributed by atoms with van der Waals surface area (Å²) in [5.74, 6) is -2.23. The molecule has 0 aromatic heterocycles. The molecule has 0 aliphatic heterocycles. The number of benzene rings is 2. The molecule has 136 valence electrons. The van der Waals surface area contributed by atoms with Crippen molar-refractivity contribution in [2.45, 2.75) is 45.1 Å². The zero-order valence-electron chi connectivity index (χ0n) is 14.6. The van der Waals surface area contributed by atoms with Crippen molar-refractivity contribution in [2.75, 3.05) is 0 Å². The Morgan fingerprint density at radius 2 is 1.77 bits per heavy atom. The van der Waals surface area contributed by atoms with Crippen LogP contribution in [0.3, 0.4) is 0 Å². The predicted octanol–water partition coefficient (Wildman–Crippen LogP) is 4.29. The first-order chi connectivity index (χ1) is 12.4. The van der Waals surface area contributed by atoms with Crippen LogP contribution in [0.25, 0.3) is 0 Å². The molecular formula is C21H21F2NO2. The molecule has 1 amide bonds. The Morgan fingerprint density at radius 3 is 2.54 bits per heavy atom. The van der Waals surface area contributed by atoms with Crippen LogP contribution in [0.1, 0.15) is 59.3 Å². The third-order valence-electron chi connectivity index (χ3n) is 4.82. The number of amides is 1. The van der Waals surface area contributed by atoms with Gasteiger partial charge in [-0.1, -0.05) is 18.2 Å². The van der Waals surface area contributed by atoms with Crippen LogP contribution in [0.4, 0.5) is 8.78 Å². The van der Waals surface area contributed by atoms with Gasteiger partial charge in [0, 0.05) is 18.4 Å². The van der Waals surface area contributed by atoms with Gasteiger partial charge in [-0.15, -0.1) is 0 Å². The SMILES string of the molecule is C[C@@H](NC(=O)CCC(=O)c1ccc2c(c1)CCC2)c1ccc(F)c(F)c1.